The molecule has 21 heavy (non-hydrogen) atoms. The van der Waals surface area contributed by atoms with E-state index in [9.17, 15) is 0 Å². The standard InChI is InChI=1S/C17H18BrCl2N/c1-3-21-17(14-10-13(19)6-7-15(14)18)9-12-5-4-11(2)8-16(12)20/h4-8,10,17,21H,3,9H2,1-2H3. The molecule has 0 radical (unpaired) electrons. The van der Waals surface area contributed by atoms with Crippen molar-refractivity contribution in [3.05, 3.63) is 67.6 Å². The average Bonchev–Trinajstić information content (AvgIpc) is 2.44. The van der Waals surface area contributed by atoms with E-state index >= 15 is 0 Å². The summed E-state index contributed by atoms with van der Waals surface area (Å²) in [6.45, 7) is 5.03. The molecule has 1 unspecified atom stereocenters. The number of halogens is 3. The smallest absolute Gasteiger partial charge is 0.0441 e. The summed E-state index contributed by atoms with van der Waals surface area (Å²) in [5.74, 6) is 0. The lowest BCUT2D eigenvalue weighted by atomic mass is 9.98. The van der Waals surface area contributed by atoms with Crippen molar-refractivity contribution in [1.82, 2.24) is 5.32 Å². The Labute approximate surface area is 144 Å². The highest BCUT2D eigenvalue weighted by molar-refractivity contribution is 9.10. The molecule has 1 N–H and O–H groups in total. The highest BCUT2D eigenvalue weighted by Crippen LogP contribution is 2.30. The van der Waals surface area contributed by atoms with Gasteiger partial charge in [0.25, 0.3) is 0 Å². The van der Waals surface area contributed by atoms with Gasteiger partial charge in [0.05, 0.1) is 0 Å². The van der Waals surface area contributed by atoms with E-state index in [0.29, 0.717) is 0 Å². The van der Waals surface area contributed by atoms with Crippen molar-refractivity contribution in [3.8, 4) is 0 Å². The first-order chi connectivity index (χ1) is 10.0. The molecule has 0 aliphatic rings. The van der Waals surface area contributed by atoms with Crippen LogP contribution in [0.1, 0.15) is 29.7 Å². The van der Waals surface area contributed by atoms with E-state index in [1.807, 2.05) is 31.2 Å². The van der Waals surface area contributed by atoms with Crippen LogP contribution < -0.4 is 5.32 Å². The molecule has 1 nitrogen and oxygen atoms in total. The van der Waals surface area contributed by atoms with Crippen molar-refractivity contribution in [2.75, 3.05) is 6.54 Å². The SMILES string of the molecule is CCNC(Cc1ccc(C)cc1Cl)c1cc(Cl)ccc1Br. The van der Waals surface area contributed by atoms with Gasteiger partial charge >= 0.3 is 0 Å². The molecule has 1 atom stereocenters. The lowest BCUT2D eigenvalue weighted by Gasteiger charge is -2.21. The molecule has 0 amide bonds. The van der Waals surface area contributed by atoms with Crippen molar-refractivity contribution in [2.45, 2.75) is 26.3 Å². The van der Waals surface area contributed by atoms with E-state index in [2.05, 4.69) is 40.3 Å². The van der Waals surface area contributed by atoms with E-state index in [-0.39, 0.29) is 6.04 Å². The first-order valence-corrected chi connectivity index (χ1v) is 8.49. The fourth-order valence-corrected chi connectivity index (χ4v) is 3.37. The first-order valence-electron chi connectivity index (χ1n) is 6.94. The molecule has 0 aliphatic carbocycles. The van der Waals surface area contributed by atoms with Crippen LogP contribution in [-0.4, -0.2) is 6.54 Å². The monoisotopic (exact) mass is 385 g/mol. The molecular formula is C17H18BrCl2N. The zero-order valence-corrected chi connectivity index (χ0v) is 15.2. The van der Waals surface area contributed by atoms with Gasteiger partial charge in [0.2, 0.25) is 0 Å². The molecule has 0 bridgehead atoms. The van der Waals surface area contributed by atoms with Gasteiger partial charge in [-0.1, -0.05) is 58.2 Å². The maximum atomic E-state index is 6.37. The van der Waals surface area contributed by atoms with Gasteiger partial charge in [0.1, 0.15) is 0 Å². The van der Waals surface area contributed by atoms with E-state index < -0.39 is 0 Å². The second kappa shape index (κ2) is 7.64. The van der Waals surface area contributed by atoms with Crippen LogP contribution in [-0.2, 0) is 6.42 Å². The fraction of sp³-hybridized carbons (Fsp3) is 0.294. The molecule has 2 aromatic rings. The molecule has 0 saturated carbocycles. The molecule has 0 aromatic heterocycles. The molecule has 2 aromatic carbocycles. The van der Waals surface area contributed by atoms with Crippen molar-refractivity contribution in [2.24, 2.45) is 0 Å². The second-order valence-corrected chi connectivity index (χ2v) is 6.77. The van der Waals surface area contributed by atoms with Crippen LogP contribution in [0, 0.1) is 6.92 Å². The molecule has 2 rings (SSSR count). The number of benzene rings is 2. The van der Waals surface area contributed by atoms with E-state index in [0.717, 1.165) is 38.6 Å². The first kappa shape index (κ1) is 16.8. The van der Waals surface area contributed by atoms with Gasteiger partial charge in [0.15, 0.2) is 0 Å². The minimum Gasteiger partial charge on any atom is -0.310 e. The highest BCUT2D eigenvalue weighted by Gasteiger charge is 2.16. The molecule has 4 heteroatoms. The van der Waals surface area contributed by atoms with Crippen LogP contribution in [0.5, 0.6) is 0 Å². The van der Waals surface area contributed by atoms with Crippen LogP contribution in [0.2, 0.25) is 10.0 Å². The van der Waals surface area contributed by atoms with Crippen molar-refractivity contribution < 1.29 is 0 Å². The summed E-state index contributed by atoms with van der Waals surface area (Å²) in [5.41, 5.74) is 3.47. The minimum absolute atomic E-state index is 0.170. The number of rotatable bonds is 5. The summed E-state index contributed by atoms with van der Waals surface area (Å²) in [6.07, 6.45) is 0.825. The molecule has 112 valence electrons. The normalized spacial score (nSPS) is 12.4. The lowest BCUT2D eigenvalue weighted by Crippen LogP contribution is -2.23. The van der Waals surface area contributed by atoms with Crippen LogP contribution in [0.25, 0.3) is 0 Å². The number of nitrogens with one attached hydrogen (secondary N) is 1. The summed E-state index contributed by atoms with van der Waals surface area (Å²) in [5, 5.41) is 5.07. The molecule has 0 fully saturated rings. The number of hydrogen-bond acceptors (Lipinski definition) is 1. The molecule has 0 aliphatic heterocycles. The second-order valence-electron chi connectivity index (χ2n) is 5.08. The van der Waals surface area contributed by atoms with Gasteiger partial charge in [-0.2, -0.15) is 0 Å². The lowest BCUT2D eigenvalue weighted by molar-refractivity contribution is 0.548. The Bertz CT molecular complexity index is 628. The Morgan fingerprint density at radius 3 is 2.57 bits per heavy atom. The Hall–Kier alpha value is -0.540. The Morgan fingerprint density at radius 2 is 1.90 bits per heavy atom. The molecule has 0 spiro atoms. The minimum atomic E-state index is 0.170. The third kappa shape index (κ3) is 4.46. The Kier molecular flexibility index (Phi) is 6.12. The van der Waals surface area contributed by atoms with Crippen LogP contribution in [0.3, 0.4) is 0 Å². The average molecular weight is 387 g/mol. The van der Waals surface area contributed by atoms with Crippen LogP contribution in [0.15, 0.2) is 40.9 Å². The zero-order chi connectivity index (χ0) is 15.4. The number of aryl methyl sites for hydroxylation is 1. The summed E-state index contributed by atoms with van der Waals surface area (Å²) in [4.78, 5) is 0. The predicted octanol–water partition coefficient (Wildman–Crippen LogP) is 5.96. The topological polar surface area (TPSA) is 12.0 Å². The van der Waals surface area contributed by atoms with Gasteiger partial charge in [-0.15, -0.1) is 0 Å². The van der Waals surface area contributed by atoms with Crippen LogP contribution in [0.4, 0.5) is 0 Å². The Balaban J connectivity index is 2.32. The van der Waals surface area contributed by atoms with Gasteiger partial charge < -0.3 is 5.32 Å². The quantitative estimate of drug-likeness (QED) is 0.668. The maximum absolute atomic E-state index is 6.37. The van der Waals surface area contributed by atoms with Crippen molar-refractivity contribution in [1.29, 1.82) is 0 Å². The zero-order valence-electron chi connectivity index (χ0n) is 12.1. The van der Waals surface area contributed by atoms with Gasteiger partial charge in [-0.25, -0.2) is 0 Å². The summed E-state index contributed by atoms with van der Waals surface area (Å²) in [7, 11) is 0. The summed E-state index contributed by atoms with van der Waals surface area (Å²) < 4.78 is 1.06. The molecular weight excluding hydrogens is 369 g/mol. The summed E-state index contributed by atoms with van der Waals surface area (Å²) in [6, 6.07) is 12.2. The predicted molar refractivity (Wildman–Crippen MR) is 95.5 cm³/mol. The third-order valence-electron chi connectivity index (χ3n) is 3.42. The van der Waals surface area contributed by atoms with E-state index in [1.165, 1.54) is 5.56 Å². The van der Waals surface area contributed by atoms with Gasteiger partial charge in [-0.05, 0) is 60.8 Å². The third-order valence-corrected chi connectivity index (χ3v) is 4.73. The van der Waals surface area contributed by atoms with E-state index in [1.54, 1.807) is 0 Å². The van der Waals surface area contributed by atoms with Crippen molar-refractivity contribution in [3.63, 3.8) is 0 Å². The highest BCUT2D eigenvalue weighted by atomic mass is 79.9. The van der Waals surface area contributed by atoms with E-state index in [4.69, 9.17) is 23.2 Å². The van der Waals surface area contributed by atoms with Gasteiger partial charge in [0, 0.05) is 20.6 Å². The largest absolute Gasteiger partial charge is 0.310 e. The summed E-state index contributed by atoms with van der Waals surface area (Å²) >= 11 is 16.1. The number of hydrogen-bond donors (Lipinski definition) is 1. The number of likely N-dealkylation sites (N-methyl/N-ethyl adjacent to an activating group) is 1. The molecule has 0 saturated heterocycles. The maximum Gasteiger partial charge on any atom is 0.0441 e. The molecule has 0 heterocycles. The Morgan fingerprint density at radius 1 is 1.14 bits per heavy atom. The fourth-order valence-electron chi connectivity index (χ4n) is 2.36. The van der Waals surface area contributed by atoms with Gasteiger partial charge in [-0.3, -0.25) is 0 Å². The van der Waals surface area contributed by atoms with Crippen LogP contribution >= 0.6 is 39.1 Å². The van der Waals surface area contributed by atoms with Crippen molar-refractivity contribution >= 4 is 39.1 Å².